The number of anilines is 1. The molecule has 1 atom stereocenters. The number of carbonyl (C=O) groups excluding carboxylic acids is 1. The first-order chi connectivity index (χ1) is 11.7. The maximum atomic E-state index is 12.5. The zero-order chi connectivity index (χ0) is 18.6. The summed E-state index contributed by atoms with van der Waals surface area (Å²) in [4.78, 5) is 22.1. The minimum atomic E-state index is -4.46. The number of nitro groups is 1. The largest absolute Gasteiger partial charge is 0.481 e. The Morgan fingerprint density at radius 3 is 2.40 bits per heavy atom. The Labute approximate surface area is 140 Å². The molecular formula is C16H13F3N2O4. The Morgan fingerprint density at radius 2 is 1.84 bits per heavy atom. The van der Waals surface area contributed by atoms with Crippen molar-refractivity contribution in [3.8, 4) is 5.75 Å². The summed E-state index contributed by atoms with van der Waals surface area (Å²) in [6, 6.07) is 9.26. The van der Waals surface area contributed by atoms with Crippen LogP contribution in [0.4, 0.5) is 24.5 Å². The zero-order valence-electron chi connectivity index (χ0n) is 12.9. The molecule has 132 valence electrons. The first kappa shape index (κ1) is 18.2. The van der Waals surface area contributed by atoms with Crippen LogP contribution in [0.3, 0.4) is 0 Å². The van der Waals surface area contributed by atoms with Gasteiger partial charge in [-0.05, 0) is 37.3 Å². The molecule has 0 aliphatic carbocycles. The molecule has 1 amide bonds. The number of rotatable bonds is 5. The highest BCUT2D eigenvalue weighted by Crippen LogP contribution is 2.29. The highest BCUT2D eigenvalue weighted by molar-refractivity contribution is 5.94. The summed E-state index contributed by atoms with van der Waals surface area (Å²) >= 11 is 0. The van der Waals surface area contributed by atoms with Crippen molar-refractivity contribution in [3.63, 3.8) is 0 Å². The number of hydrogen-bond acceptors (Lipinski definition) is 4. The van der Waals surface area contributed by atoms with Crippen molar-refractivity contribution in [1.82, 2.24) is 0 Å². The van der Waals surface area contributed by atoms with Gasteiger partial charge in [-0.25, -0.2) is 0 Å². The van der Waals surface area contributed by atoms with Gasteiger partial charge < -0.3 is 10.1 Å². The van der Waals surface area contributed by atoms with Crippen molar-refractivity contribution in [3.05, 3.63) is 64.2 Å². The first-order valence-corrected chi connectivity index (χ1v) is 7.06. The van der Waals surface area contributed by atoms with Crippen LogP contribution >= 0.6 is 0 Å². The van der Waals surface area contributed by atoms with Crippen molar-refractivity contribution in [2.45, 2.75) is 19.2 Å². The molecule has 0 radical (unpaired) electrons. The lowest BCUT2D eigenvalue weighted by atomic mass is 10.2. The Balaban J connectivity index is 2.00. The fourth-order valence-electron chi connectivity index (χ4n) is 1.91. The first-order valence-electron chi connectivity index (χ1n) is 7.06. The van der Waals surface area contributed by atoms with Gasteiger partial charge in [0.25, 0.3) is 11.6 Å². The molecule has 2 aromatic rings. The fraction of sp³-hybridized carbons (Fsp3) is 0.188. The van der Waals surface area contributed by atoms with Crippen molar-refractivity contribution < 1.29 is 27.6 Å². The van der Waals surface area contributed by atoms with Crippen molar-refractivity contribution >= 4 is 17.3 Å². The molecule has 0 unspecified atom stereocenters. The van der Waals surface area contributed by atoms with Crippen molar-refractivity contribution in [2.24, 2.45) is 0 Å². The van der Waals surface area contributed by atoms with Crippen LogP contribution in [0.2, 0.25) is 0 Å². The van der Waals surface area contributed by atoms with Gasteiger partial charge in [0.1, 0.15) is 5.75 Å². The van der Waals surface area contributed by atoms with Crippen LogP contribution in [0.15, 0.2) is 48.5 Å². The van der Waals surface area contributed by atoms with Crippen molar-refractivity contribution in [1.29, 1.82) is 0 Å². The summed E-state index contributed by atoms with van der Waals surface area (Å²) < 4.78 is 42.8. The lowest BCUT2D eigenvalue weighted by Crippen LogP contribution is -2.30. The lowest BCUT2D eigenvalue weighted by Gasteiger charge is -2.15. The van der Waals surface area contributed by atoms with Crippen LogP contribution in [-0.4, -0.2) is 16.9 Å². The predicted molar refractivity (Wildman–Crippen MR) is 83.3 cm³/mol. The average Bonchev–Trinajstić information content (AvgIpc) is 2.54. The third-order valence-corrected chi connectivity index (χ3v) is 3.19. The number of carbonyl (C=O) groups is 1. The molecule has 2 aromatic carbocycles. The van der Waals surface area contributed by atoms with Crippen molar-refractivity contribution in [2.75, 3.05) is 5.32 Å². The average molecular weight is 354 g/mol. The van der Waals surface area contributed by atoms with E-state index in [0.29, 0.717) is 0 Å². The number of alkyl halides is 3. The van der Waals surface area contributed by atoms with E-state index in [-0.39, 0.29) is 17.1 Å². The van der Waals surface area contributed by atoms with Gasteiger partial charge in [-0.1, -0.05) is 6.07 Å². The number of hydrogen-bond donors (Lipinski definition) is 1. The third-order valence-electron chi connectivity index (χ3n) is 3.19. The van der Waals surface area contributed by atoms with E-state index in [1.165, 1.54) is 31.2 Å². The SMILES string of the molecule is C[C@H](Oc1cccc([N+](=O)[O-])c1)C(=O)Nc1ccc(C(F)(F)F)cc1. The third kappa shape index (κ3) is 4.93. The molecule has 6 nitrogen and oxygen atoms in total. The minimum absolute atomic E-state index is 0.129. The van der Waals surface area contributed by atoms with Gasteiger partial charge >= 0.3 is 6.18 Å². The normalized spacial score (nSPS) is 12.3. The fourth-order valence-corrected chi connectivity index (χ4v) is 1.91. The maximum Gasteiger partial charge on any atom is 0.416 e. The number of halogens is 3. The van der Waals surface area contributed by atoms with Gasteiger partial charge in [-0.2, -0.15) is 13.2 Å². The Hall–Kier alpha value is -3.10. The van der Waals surface area contributed by atoms with Gasteiger partial charge in [-0.15, -0.1) is 0 Å². The van der Waals surface area contributed by atoms with Gasteiger partial charge in [0.15, 0.2) is 6.10 Å². The summed E-state index contributed by atoms with van der Waals surface area (Å²) in [5.74, 6) is -0.476. The number of nitrogens with zero attached hydrogens (tertiary/aromatic N) is 1. The second kappa shape index (κ2) is 7.20. The molecule has 25 heavy (non-hydrogen) atoms. The molecule has 2 rings (SSSR count). The van der Waals surface area contributed by atoms with Crippen LogP contribution in [0.25, 0.3) is 0 Å². The van der Waals surface area contributed by atoms with E-state index in [0.717, 1.165) is 24.3 Å². The Kier molecular flexibility index (Phi) is 5.26. The van der Waals surface area contributed by atoms with Crippen LogP contribution in [0, 0.1) is 10.1 Å². The van der Waals surface area contributed by atoms with E-state index < -0.39 is 28.7 Å². The van der Waals surface area contributed by atoms with E-state index in [9.17, 15) is 28.1 Å². The van der Waals surface area contributed by atoms with Gasteiger partial charge in [0.2, 0.25) is 0 Å². The lowest BCUT2D eigenvalue weighted by molar-refractivity contribution is -0.384. The van der Waals surface area contributed by atoms with E-state index in [4.69, 9.17) is 4.74 Å². The van der Waals surface area contributed by atoms with Gasteiger partial charge in [0, 0.05) is 11.8 Å². The highest BCUT2D eigenvalue weighted by atomic mass is 19.4. The maximum absolute atomic E-state index is 12.5. The van der Waals surface area contributed by atoms with Crippen LogP contribution in [-0.2, 0) is 11.0 Å². The topological polar surface area (TPSA) is 81.5 Å². The van der Waals surface area contributed by atoms with E-state index in [1.54, 1.807) is 0 Å². The number of benzene rings is 2. The number of non-ortho nitro benzene ring substituents is 1. The Bertz CT molecular complexity index is 776. The monoisotopic (exact) mass is 354 g/mol. The molecule has 0 fully saturated rings. The quantitative estimate of drug-likeness (QED) is 0.649. The molecule has 0 aliphatic rings. The number of nitrogens with one attached hydrogen (secondary N) is 1. The number of nitro benzene ring substituents is 1. The second-order valence-corrected chi connectivity index (χ2v) is 5.08. The summed E-state index contributed by atoms with van der Waals surface area (Å²) in [5.41, 5.74) is -0.841. The summed E-state index contributed by atoms with van der Waals surface area (Å²) in [6.07, 6.45) is -5.47. The molecule has 0 aromatic heterocycles. The minimum Gasteiger partial charge on any atom is -0.481 e. The molecule has 1 N–H and O–H groups in total. The van der Waals surface area contributed by atoms with Crippen LogP contribution in [0.1, 0.15) is 12.5 Å². The smallest absolute Gasteiger partial charge is 0.416 e. The van der Waals surface area contributed by atoms with Crippen LogP contribution in [0.5, 0.6) is 5.75 Å². The summed E-state index contributed by atoms with van der Waals surface area (Å²) in [5, 5.41) is 13.1. The highest BCUT2D eigenvalue weighted by Gasteiger charge is 2.30. The number of ether oxygens (including phenoxy) is 1. The molecule has 0 heterocycles. The zero-order valence-corrected chi connectivity index (χ0v) is 12.9. The molecule has 0 spiro atoms. The molecule has 0 saturated heterocycles. The molecule has 0 bridgehead atoms. The Morgan fingerprint density at radius 1 is 1.20 bits per heavy atom. The number of amides is 1. The predicted octanol–water partition coefficient (Wildman–Crippen LogP) is 4.02. The molecule has 0 saturated carbocycles. The molecule has 9 heteroatoms. The standard InChI is InChI=1S/C16H13F3N2O4/c1-10(25-14-4-2-3-13(9-14)21(23)24)15(22)20-12-7-5-11(6-8-12)16(17,18)19/h2-10H,1H3,(H,20,22)/t10-/m0/s1. The summed E-state index contributed by atoms with van der Waals surface area (Å²) in [7, 11) is 0. The second-order valence-electron chi connectivity index (χ2n) is 5.08. The van der Waals surface area contributed by atoms with E-state index in [1.807, 2.05) is 0 Å². The van der Waals surface area contributed by atoms with E-state index in [2.05, 4.69) is 5.32 Å². The molecule has 0 aliphatic heterocycles. The van der Waals surface area contributed by atoms with Crippen LogP contribution < -0.4 is 10.1 Å². The van der Waals surface area contributed by atoms with Gasteiger partial charge in [0.05, 0.1) is 16.6 Å². The van der Waals surface area contributed by atoms with Gasteiger partial charge in [-0.3, -0.25) is 14.9 Å². The molecular weight excluding hydrogens is 341 g/mol. The summed E-state index contributed by atoms with van der Waals surface area (Å²) in [6.45, 7) is 1.41. The van der Waals surface area contributed by atoms with E-state index >= 15 is 0 Å².